The first-order chi connectivity index (χ1) is 9.43. The van der Waals surface area contributed by atoms with Gasteiger partial charge in [-0.05, 0) is 31.3 Å². The second-order valence-corrected chi connectivity index (χ2v) is 5.17. The van der Waals surface area contributed by atoms with Crippen LogP contribution in [-0.4, -0.2) is 25.4 Å². The smallest absolute Gasteiger partial charge is 0.228 e. The zero-order valence-electron chi connectivity index (χ0n) is 12.9. The highest BCUT2D eigenvalue weighted by Crippen LogP contribution is 2.15. The summed E-state index contributed by atoms with van der Waals surface area (Å²) in [7, 11) is 1.82. The molecule has 0 saturated carbocycles. The fourth-order valence-corrected chi connectivity index (χ4v) is 1.59. The van der Waals surface area contributed by atoms with E-state index in [2.05, 4.69) is 16.0 Å². The Hall–Kier alpha value is -1.59. The van der Waals surface area contributed by atoms with E-state index in [4.69, 9.17) is 0 Å². The molecule has 21 heavy (non-hydrogen) atoms. The van der Waals surface area contributed by atoms with Crippen molar-refractivity contribution in [2.24, 2.45) is 11.8 Å². The highest BCUT2D eigenvalue weighted by atomic mass is 35.5. The molecule has 0 saturated heterocycles. The monoisotopic (exact) mass is 313 g/mol. The number of benzene rings is 1. The molecule has 2 amide bonds. The van der Waals surface area contributed by atoms with Gasteiger partial charge in [-0.1, -0.05) is 20.8 Å². The van der Waals surface area contributed by atoms with Crippen LogP contribution in [0.25, 0.3) is 0 Å². The van der Waals surface area contributed by atoms with Crippen LogP contribution in [-0.2, 0) is 9.59 Å². The van der Waals surface area contributed by atoms with Crippen LogP contribution in [0.3, 0.4) is 0 Å². The van der Waals surface area contributed by atoms with E-state index in [1.54, 1.807) is 24.3 Å². The summed E-state index contributed by atoms with van der Waals surface area (Å²) in [5, 5.41) is 8.61. The number of hydrogen-bond acceptors (Lipinski definition) is 3. The van der Waals surface area contributed by atoms with Crippen molar-refractivity contribution in [2.45, 2.75) is 20.8 Å². The second-order valence-electron chi connectivity index (χ2n) is 5.17. The quantitative estimate of drug-likeness (QED) is 0.755. The highest BCUT2D eigenvalue weighted by Gasteiger charge is 2.12. The second kappa shape index (κ2) is 9.37. The van der Waals surface area contributed by atoms with E-state index in [0.29, 0.717) is 6.54 Å². The van der Waals surface area contributed by atoms with Gasteiger partial charge < -0.3 is 16.0 Å². The number of amides is 2. The molecule has 6 heteroatoms. The Morgan fingerprint density at radius 3 is 1.76 bits per heavy atom. The van der Waals surface area contributed by atoms with Crippen LogP contribution in [0, 0.1) is 11.8 Å². The van der Waals surface area contributed by atoms with E-state index in [9.17, 15) is 9.59 Å². The number of rotatable bonds is 6. The van der Waals surface area contributed by atoms with Gasteiger partial charge in [-0.2, -0.15) is 0 Å². The number of anilines is 2. The average molecular weight is 314 g/mol. The van der Waals surface area contributed by atoms with Gasteiger partial charge in [-0.15, -0.1) is 12.4 Å². The van der Waals surface area contributed by atoms with Crippen molar-refractivity contribution in [1.82, 2.24) is 5.32 Å². The molecule has 1 aromatic carbocycles. The Balaban J connectivity index is 0.00000400. The summed E-state index contributed by atoms with van der Waals surface area (Å²) < 4.78 is 0. The predicted octanol–water partition coefficient (Wildman–Crippen LogP) is 2.50. The number of carbonyl (C=O) groups is 2. The van der Waals surface area contributed by atoms with Gasteiger partial charge in [0.05, 0.1) is 0 Å². The molecule has 0 aliphatic carbocycles. The van der Waals surface area contributed by atoms with Crippen molar-refractivity contribution in [2.75, 3.05) is 24.2 Å². The third-order valence-corrected chi connectivity index (χ3v) is 2.90. The average Bonchev–Trinajstić information content (AvgIpc) is 2.41. The van der Waals surface area contributed by atoms with Crippen molar-refractivity contribution in [3.05, 3.63) is 24.3 Å². The fraction of sp³-hybridized carbons (Fsp3) is 0.467. The van der Waals surface area contributed by atoms with Crippen LogP contribution in [0.15, 0.2) is 24.3 Å². The summed E-state index contributed by atoms with van der Waals surface area (Å²) in [6, 6.07) is 7.11. The molecule has 1 aromatic rings. The maximum absolute atomic E-state index is 11.8. The topological polar surface area (TPSA) is 70.2 Å². The standard InChI is InChI=1S/C15H23N3O2.ClH/c1-10(2)14(19)17-12-5-7-13(8-6-12)18-15(20)11(3)9-16-4;/h5-8,10-11,16H,9H2,1-4H3,(H,17,19)(H,18,20);1H. The summed E-state index contributed by atoms with van der Waals surface area (Å²) in [6.07, 6.45) is 0. The largest absolute Gasteiger partial charge is 0.326 e. The van der Waals surface area contributed by atoms with Crippen molar-refractivity contribution in [1.29, 1.82) is 0 Å². The van der Waals surface area contributed by atoms with E-state index < -0.39 is 0 Å². The Morgan fingerprint density at radius 1 is 0.952 bits per heavy atom. The van der Waals surface area contributed by atoms with Crippen LogP contribution in [0.4, 0.5) is 11.4 Å². The van der Waals surface area contributed by atoms with E-state index >= 15 is 0 Å². The molecule has 0 fully saturated rings. The van der Waals surface area contributed by atoms with Crippen molar-refractivity contribution >= 4 is 35.6 Å². The minimum Gasteiger partial charge on any atom is -0.326 e. The van der Waals surface area contributed by atoms with Gasteiger partial charge in [0.15, 0.2) is 0 Å². The molecule has 1 atom stereocenters. The van der Waals surface area contributed by atoms with E-state index in [1.807, 2.05) is 27.8 Å². The van der Waals surface area contributed by atoms with Crippen LogP contribution in [0.5, 0.6) is 0 Å². The summed E-state index contributed by atoms with van der Waals surface area (Å²) in [5.74, 6) is -0.208. The van der Waals surface area contributed by atoms with Gasteiger partial charge in [0.1, 0.15) is 0 Å². The molecule has 0 radical (unpaired) electrons. The molecule has 5 nitrogen and oxygen atoms in total. The van der Waals surface area contributed by atoms with E-state index in [0.717, 1.165) is 11.4 Å². The molecule has 0 aliphatic rings. The van der Waals surface area contributed by atoms with Crippen molar-refractivity contribution < 1.29 is 9.59 Å². The number of carbonyl (C=O) groups excluding carboxylic acids is 2. The maximum Gasteiger partial charge on any atom is 0.228 e. The summed E-state index contributed by atoms with van der Waals surface area (Å²) >= 11 is 0. The third kappa shape index (κ3) is 6.60. The number of nitrogens with one attached hydrogen (secondary N) is 3. The van der Waals surface area contributed by atoms with Crippen LogP contribution >= 0.6 is 12.4 Å². The molecule has 0 bridgehead atoms. The lowest BCUT2D eigenvalue weighted by Gasteiger charge is -2.12. The van der Waals surface area contributed by atoms with Crippen molar-refractivity contribution in [3.63, 3.8) is 0 Å². The first kappa shape index (κ1) is 19.4. The van der Waals surface area contributed by atoms with Crippen LogP contribution in [0.1, 0.15) is 20.8 Å². The lowest BCUT2D eigenvalue weighted by molar-refractivity contribution is -0.119. The first-order valence-corrected chi connectivity index (χ1v) is 6.80. The predicted molar refractivity (Wildman–Crippen MR) is 88.9 cm³/mol. The van der Waals surface area contributed by atoms with Crippen molar-refractivity contribution in [3.8, 4) is 0 Å². The van der Waals surface area contributed by atoms with Gasteiger partial charge in [0.25, 0.3) is 0 Å². The van der Waals surface area contributed by atoms with Crippen LogP contribution in [0.2, 0.25) is 0 Å². The minimum absolute atomic E-state index is 0. The minimum atomic E-state index is -0.0969. The molecule has 1 rings (SSSR count). The van der Waals surface area contributed by atoms with Gasteiger partial charge in [-0.25, -0.2) is 0 Å². The first-order valence-electron chi connectivity index (χ1n) is 6.80. The van der Waals surface area contributed by atoms with Gasteiger partial charge in [-0.3, -0.25) is 9.59 Å². The normalized spacial score (nSPS) is 11.5. The molecule has 0 spiro atoms. The summed E-state index contributed by atoms with van der Waals surface area (Å²) in [6.45, 7) is 6.18. The maximum atomic E-state index is 11.8. The lowest BCUT2D eigenvalue weighted by atomic mass is 10.1. The summed E-state index contributed by atoms with van der Waals surface area (Å²) in [5.41, 5.74) is 1.45. The summed E-state index contributed by atoms with van der Waals surface area (Å²) in [4.78, 5) is 23.4. The molecule has 0 heterocycles. The van der Waals surface area contributed by atoms with Gasteiger partial charge in [0, 0.05) is 29.8 Å². The molecule has 0 aliphatic heterocycles. The molecule has 3 N–H and O–H groups in total. The number of halogens is 1. The lowest BCUT2D eigenvalue weighted by Crippen LogP contribution is -2.28. The van der Waals surface area contributed by atoms with Gasteiger partial charge in [0.2, 0.25) is 11.8 Å². The molecule has 1 unspecified atom stereocenters. The molecular formula is C15H24ClN3O2. The Kier molecular flexibility index (Phi) is 8.66. The van der Waals surface area contributed by atoms with Gasteiger partial charge >= 0.3 is 0 Å². The molecule has 0 aromatic heterocycles. The zero-order chi connectivity index (χ0) is 15.1. The van der Waals surface area contributed by atoms with E-state index in [-0.39, 0.29) is 36.1 Å². The van der Waals surface area contributed by atoms with Crippen LogP contribution < -0.4 is 16.0 Å². The highest BCUT2D eigenvalue weighted by molar-refractivity contribution is 5.94. The number of hydrogen-bond donors (Lipinski definition) is 3. The Morgan fingerprint density at radius 2 is 1.38 bits per heavy atom. The Bertz CT molecular complexity index is 460. The molecular weight excluding hydrogens is 290 g/mol. The fourth-order valence-electron chi connectivity index (χ4n) is 1.59. The zero-order valence-corrected chi connectivity index (χ0v) is 13.7. The Labute approximate surface area is 132 Å². The molecule has 118 valence electrons. The SMILES string of the molecule is CNCC(C)C(=O)Nc1ccc(NC(=O)C(C)C)cc1.Cl. The third-order valence-electron chi connectivity index (χ3n) is 2.90. The van der Waals surface area contributed by atoms with E-state index in [1.165, 1.54) is 0 Å².